The molecule has 0 spiro atoms. The van der Waals surface area contributed by atoms with Gasteiger partial charge in [0.05, 0.1) is 35.9 Å². The number of aromatic nitrogens is 3. The van der Waals surface area contributed by atoms with Crippen molar-refractivity contribution in [2.45, 2.75) is 31.8 Å². The Morgan fingerprint density at radius 3 is 2.78 bits per heavy atom. The number of aromatic amines is 1. The largest absolute Gasteiger partial charge is 0.493 e. The molecule has 1 fully saturated rings. The van der Waals surface area contributed by atoms with Crippen LogP contribution in [0.4, 0.5) is 5.69 Å². The second-order valence-electron chi connectivity index (χ2n) is 7.33. The maximum Gasteiger partial charge on any atom is 0.211 e. The number of hydrogen-bond acceptors (Lipinski definition) is 5. The number of rotatable bonds is 5. The van der Waals surface area contributed by atoms with Gasteiger partial charge >= 0.3 is 0 Å². The highest BCUT2D eigenvalue weighted by Crippen LogP contribution is 2.61. The third-order valence-corrected chi connectivity index (χ3v) is 9.13. The second kappa shape index (κ2) is 7.35. The maximum absolute atomic E-state index is 13.7. The van der Waals surface area contributed by atoms with E-state index in [0.29, 0.717) is 18.1 Å². The summed E-state index contributed by atoms with van der Waals surface area (Å²) in [6.07, 6.45) is 6.43. The van der Waals surface area contributed by atoms with Crippen LogP contribution in [0.5, 0.6) is 5.88 Å². The van der Waals surface area contributed by atoms with Crippen LogP contribution in [0.15, 0.2) is 36.5 Å². The quantitative estimate of drug-likeness (QED) is 0.556. The van der Waals surface area contributed by atoms with Crippen molar-refractivity contribution in [1.29, 1.82) is 0 Å². The zero-order chi connectivity index (χ0) is 18.9. The molecular weight excluding hydrogens is 359 g/mol. The molecule has 3 heterocycles. The second-order valence-corrected chi connectivity index (χ2v) is 10.8. The van der Waals surface area contributed by atoms with E-state index in [1.165, 1.54) is 0 Å². The molecule has 0 aliphatic carbocycles. The van der Waals surface area contributed by atoms with Crippen LogP contribution in [-0.4, -0.2) is 38.9 Å². The summed E-state index contributed by atoms with van der Waals surface area (Å²) in [7, 11) is -2.42. The van der Waals surface area contributed by atoms with Crippen LogP contribution in [-0.2, 0) is 4.57 Å². The molecule has 7 heteroatoms. The SMILES string of the molecule is Cc1nc(C(CNc2cnc3ccccc3c2)P2(=O)CCCCC2)[nH]c1O. The van der Waals surface area contributed by atoms with Gasteiger partial charge in [-0.2, -0.15) is 0 Å². The minimum Gasteiger partial charge on any atom is -0.493 e. The summed E-state index contributed by atoms with van der Waals surface area (Å²) in [6.45, 7) is 2.26. The van der Waals surface area contributed by atoms with Crippen molar-refractivity contribution in [3.63, 3.8) is 0 Å². The molecule has 0 saturated carbocycles. The van der Waals surface area contributed by atoms with Crippen molar-refractivity contribution >= 4 is 23.7 Å². The smallest absolute Gasteiger partial charge is 0.211 e. The fourth-order valence-electron chi connectivity index (χ4n) is 3.86. The molecule has 6 nitrogen and oxygen atoms in total. The average molecular weight is 384 g/mol. The van der Waals surface area contributed by atoms with Crippen molar-refractivity contribution < 1.29 is 9.67 Å². The minimum atomic E-state index is -2.42. The van der Waals surface area contributed by atoms with E-state index >= 15 is 0 Å². The number of hydrogen-bond donors (Lipinski definition) is 3. The molecule has 0 radical (unpaired) electrons. The molecule has 0 bridgehead atoms. The molecule has 1 saturated heterocycles. The van der Waals surface area contributed by atoms with Gasteiger partial charge in [0.2, 0.25) is 5.88 Å². The standard InChI is InChI=1S/C20H25N4O2P/c1-14-20(25)24-19(23-14)18(27(26)9-5-2-6-10-27)13-21-16-11-15-7-3-4-8-17(15)22-12-16/h3-4,7-8,11-12,18,21,25H,2,5-6,9-10,13H2,1H3,(H,23,24). The molecule has 1 aliphatic heterocycles. The van der Waals surface area contributed by atoms with Crippen molar-refractivity contribution in [3.05, 3.63) is 48.0 Å². The Morgan fingerprint density at radius 1 is 1.26 bits per heavy atom. The summed E-state index contributed by atoms with van der Waals surface area (Å²) in [5.74, 6) is 0.683. The summed E-state index contributed by atoms with van der Waals surface area (Å²) in [6, 6.07) is 10.0. The van der Waals surface area contributed by atoms with E-state index in [4.69, 9.17) is 0 Å². The van der Waals surface area contributed by atoms with Crippen LogP contribution in [0.1, 0.15) is 36.4 Å². The lowest BCUT2D eigenvalue weighted by atomic mass is 10.2. The number of para-hydroxylation sites is 1. The molecule has 3 aromatic rings. The molecule has 4 rings (SSSR count). The number of aromatic hydroxyl groups is 1. The van der Waals surface area contributed by atoms with Gasteiger partial charge < -0.3 is 20.0 Å². The minimum absolute atomic E-state index is 0.0611. The van der Waals surface area contributed by atoms with Gasteiger partial charge in [-0.3, -0.25) is 4.98 Å². The Labute approximate surface area is 158 Å². The van der Waals surface area contributed by atoms with Gasteiger partial charge in [0, 0.05) is 24.3 Å². The maximum atomic E-state index is 13.7. The van der Waals surface area contributed by atoms with Gasteiger partial charge in [-0.1, -0.05) is 24.6 Å². The van der Waals surface area contributed by atoms with Crippen LogP contribution in [0, 0.1) is 6.92 Å². The normalized spacial score (nSPS) is 17.7. The van der Waals surface area contributed by atoms with E-state index in [9.17, 15) is 9.67 Å². The molecule has 1 atom stereocenters. The summed E-state index contributed by atoms with van der Waals surface area (Å²) < 4.78 is 13.7. The monoisotopic (exact) mass is 384 g/mol. The predicted octanol–water partition coefficient (Wildman–Crippen LogP) is 4.67. The summed E-state index contributed by atoms with van der Waals surface area (Å²) >= 11 is 0. The lowest BCUT2D eigenvalue weighted by molar-refractivity contribution is 0.451. The van der Waals surface area contributed by atoms with Crippen molar-refractivity contribution in [1.82, 2.24) is 15.0 Å². The zero-order valence-electron chi connectivity index (χ0n) is 15.5. The van der Waals surface area contributed by atoms with Crippen molar-refractivity contribution in [2.24, 2.45) is 0 Å². The van der Waals surface area contributed by atoms with Gasteiger partial charge in [-0.15, -0.1) is 0 Å². The number of nitrogens with one attached hydrogen (secondary N) is 2. The summed E-state index contributed by atoms with van der Waals surface area (Å²) in [5.41, 5.74) is 2.16. The zero-order valence-corrected chi connectivity index (χ0v) is 16.4. The molecule has 2 aromatic heterocycles. The highest BCUT2D eigenvalue weighted by atomic mass is 31.2. The van der Waals surface area contributed by atoms with E-state index in [1.54, 1.807) is 13.1 Å². The van der Waals surface area contributed by atoms with Gasteiger partial charge in [0.1, 0.15) is 5.82 Å². The Hall–Kier alpha value is -2.33. The Bertz CT molecular complexity index is 971. The van der Waals surface area contributed by atoms with Crippen molar-refractivity contribution in [2.75, 3.05) is 24.2 Å². The van der Waals surface area contributed by atoms with E-state index in [1.807, 2.05) is 24.3 Å². The molecule has 3 N–H and O–H groups in total. The molecule has 1 aliphatic rings. The first-order valence-corrected chi connectivity index (χ1v) is 11.6. The van der Waals surface area contributed by atoms with Gasteiger partial charge in [-0.05, 0) is 31.9 Å². The van der Waals surface area contributed by atoms with Gasteiger partial charge in [0.25, 0.3) is 0 Å². The molecule has 1 unspecified atom stereocenters. The van der Waals surface area contributed by atoms with Gasteiger partial charge in [0.15, 0.2) is 0 Å². The van der Waals surface area contributed by atoms with E-state index in [0.717, 1.165) is 48.2 Å². The fourth-order valence-corrected chi connectivity index (χ4v) is 7.22. The third kappa shape index (κ3) is 3.72. The summed E-state index contributed by atoms with van der Waals surface area (Å²) in [4.78, 5) is 11.9. The van der Waals surface area contributed by atoms with E-state index < -0.39 is 7.14 Å². The van der Waals surface area contributed by atoms with E-state index in [2.05, 4.69) is 26.3 Å². The van der Waals surface area contributed by atoms with Crippen LogP contribution >= 0.6 is 7.14 Å². The van der Waals surface area contributed by atoms with Gasteiger partial charge in [-0.25, -0.2) is 4.98 Å². The van der Waals surface area contributed by atoms with Crippen LogP contribution in [0.2, 0.25) is 0 Å². The lowest BCUT2D eigenvalue weighted by Crippen LogP contribution is -2.19. The summed E-state index contributed by atoms with van der Waals surface area (Å²) in [5, 5.41) is 14.4. The third-order valence-electron chi connectivity index (χ3n) is 5.42. The Morgan fingerprint density at radius 2 is 2.04 bits per heavy atom. The van der Waals surface area contributed by atoms with Crippen LogP contribution < -0.4 is 5.32 Å². The molecule has 142 valence electrons. The van der Waals surface area contributed by atoms with Crippen LogP contribution in [0.25, 0.3) is 10.9 Å². The number of aryl methyl sites for hydroxylation is 1. The lowest BCUT2D eigenvalue weighted by Gasteiger charge is -2.30. The first-order chi connectivity index (χ1) is 13.0. The molecule has 0 amide bonds. The Balaban J connectivity index is 1.61. The molecule has 1 aromatic carbocycles. The average Bonchev–Trinajstić information content (AvgIpc) is 3.00. The number of H-pyrrole nitrogens is 1. The topological polar surface area (TPSA) is 90.9 Å². The Kier molecular flexibility index (Phi) is 4.92. The van der Waals surface area contributed by atoms with Crippen molar-refractivity contribution in [3.8, 4) is 5.88 Å². The number of anilines is 1. The fraction of sp³-hybridized carbons (Fsp3) is 0.400. The molecular formula is C20H25N4O2P. The highest BCUT2D eigenvalue weighted by molar-refractivity contribution is 7.64. The van der Waals surface area contributed by atoms with Crippen LogP contribution in [0.3, 0.4) is 0 Å². The number of imidazole rings is 1. The molecule has 27 heavy (non-hydrogen) atoms. The first-order valence-electron chi connectivity index (χ1n) is 9.47. The highest BCUT2D eigenvalue weighted by Gasteiger charge is 2.37. The number of benzene rings is 1. The number of pyridine rings is 1. The number of nitrogens with zero attached hydrogens (tertiary/aromatic N) is 2. The van der Waals surface area contributed by atoms with E-state index in [-0.39, 0.29) is 11.5 Å². The number of fused-ring (bicyclic) bond motifs is 1. The first kappa shape index (κ1) is 18.1. The predicted molar refractivity (Wildman–Crippen MR) is 109 cm³/mol.